The van der Waals surface area contributed by atoms with Gasteiger partial charge in [0, 0.05) is 46.3 Å². The fourth-order valence-electron chi connectivity index (χ4n) is 6.24. The molecule has 4 aromatic heterocycles. The summed E-state index contributed by atoms with van der Waals surface area (Å²) < 4.78 is 3.23. The van der Waals surface area contributed by atoms with Gasteiger partial charge in [0.25, 0.3) is 11.1 Å². The van der Waals surface area contributed by atoms with Crippen molar-refractivity contribution in [2.75, 3.05) is 0 Å². The van der Waals surface area contributed by atoms with Gasteiger partial charge in [-0.25, -0.2) is 9.97 Å². The fourth-order valence-corrected chi connectivity index (χ4v) is 6.24. The number of hydrogen-bond acceptors (Lipinski definition) is 4. The third kappa shape index (κ3) is 1.62. The monoisotopic (exact) mass is 436 g/mol. The average Bonchev–Trinajstić information content (AvgIpc) is 3.62. The Kier molecular flexibility index (Phi) is 2.56. The van der Waals surface area contributed by atoms with Gasteiger partial charge in [-0.1, -0.05) is 36.4 Å². The summed E-state index contributed by atoms with van der Waals surface area (Å²) in [5, 5.41) is 11.3. The molecule has 4 heterocycles. The summed E-state index contributed by atoms with van der Waals surface area (Å²) in [5.74, 6) is 0. The van der Waals surface area contributed by atoms with Crippen LogP contribution >= 0.6 is 0 Å². The minimum absolute atomic E-state index is 0.0898. The van der Waals surface area contributed by atoms with Gasteiger partial charge in [-0.05, 0) is 44.5 Å². The van der Waals surface area contributed by atoms with E-state index in [4.69, 9.17) is 0 Å². The van der Waals surface area contributed by atoms with E-state index < -0.39 is 0 Å². The van der Waals surface area contributed by atoms with Crippen molar-refractivity contribution in [3.05, 3.63) is 94.0 Å². The smallest absolute Gasteiger partial charge is 0.264 e. The van der Waals surface area contributed by atoms with Crippen LogP contribution in [-0.2, 0) is 0 Å². The first-order chi connectivity index (χ1) is 16.7. The minimum Gasteiger partial charge on any atom is -0.268 e. The minimum atomic E-state index is -0.0898. The largest absolute Gasteiger partial charge is 0.268 e. The highest BCUT2D eigenvalue weighted by molar-refractivity contribution is 6.44. The van der Waals surface area contributed by atoms with Crippen molar-refractivity contribution in [2.45, 2.75) is 0 Å². The van der Waals surface area contributed by atoms with Crippen LogP contribution < -0.4 is 11.1 Å². The molecule has 9 rings (SSSR count). The molecule has 156 valence electrons. The number of benzene rings is 5. The Morgan fingerprint density at radius 3 is 1.59 bits per heavy atom. The van der Waals surface area contributed by atoms with E-state index in [0.717, 1.165) is 53.9 Å². The molecule has 6 heteroatoms. The van der Waals surface area contributed by atoms with E-state index in [1.807, 2.05) is 12.1 Å². The van der Waals surface area contributed by atoms with Gasteiger partial charge in [0.2, 0.25) is 0 Å². The molecular weight excluding hydrogens is 424 g/mol. The molecule has 0 bridgehead atoms. The van der Waals surface area contributed by atoms with Gasteiger partial charge in [0.05, 0.1) is 10.8 Å². The van der Waals surface area contributed by atoms with E-state index >= 15 is 0 Å². The Balaban J connectivity index is 1.81. The van der Waals surface area contributed by atoms with Crippen LogP contribution in [0.1, 0.15) is 0 Å². The van der Waals surface area contributed by atoms with Crippen molar-refractivity contribution in [3.8, 4) is 0 Å². The van der Waals surface area contributed by atoms with Crippen molar-refractivity contribution in [3.63, 3.8) is 0 Å². The third-order valence-corrected chi connectivity index (χ3v) is 7.50. The maximum Gasteiger partial charge on any atom is 0.264 e. The maximum absolute atomic E-state index is 13.3. The Morgan fingerprint density at radius 1 is 0.529 bits per heavy atom. The zero-order valence-electron chi connectivity index (χ0n) is 17.5. The number of nitrogens with zero attached hydrogens (tertiary/aromatic N) is 4. The Bertz CT molecular complexity index is 2270. The normalized spacial score (nSPS) is 12.9. The lowest BCUT2D eigenvalue weighted by Crippen LogP contribution is -2.04. The summed E-state index contributed by atoms with van der Waals surface area (Å²) in [7, 11) is 0. The van der Waals surface area contributed by atoms with Crippen LogP contribution in [0.25, 0.3) is 75.9 Å². The van der Waals surface area contributed by atoms with Crippen LogP contribution in [0.4, 0.5) is 0 Å². The number of imidazole rings is 2. The molecule has 5 aromatic carbocycles. The van der Waals surface area contributed by atoms with Gasteiger partial charge >= 0.3 is 0 Å². The molecule has 0 saturated carbocycles. The van der Waals surface area contributed by atoms with E-state index in [-0.39, 0.29) is 11.1 Å². The molecule has 0 unspecified atom stereocenters. The van der Waals surface area contributed by atoms with Crippen molar-refractivity contribution < 1.29 is 0 Å². The molecule has 34 heavy (non-hydrogen) atoms. The van der Waals surface area contributed by atoms with Crippen LogP contribution in [0.5, 0.6) is 0 Å². The molecule has 0 amide bonds. The second-order valence-electron chi connectivity index (χ2n) is 9.01. The highest BCUT2D eigenvalue weighted by Crippen LogP contribution is 2.46. The standard InChI is InChI=1S/C28H12N4O2/c33-27-17-11-14-12-18-24(26-30-8-10-32(26)28(18)34)22-16-6-2-4-13-3-1-5-15(19(13)16)21(20(14)22)23(17)25-29-7-9-31(25)27/h1-12H. The lowest BCUT2D eigenvalue weighted by atomic mass is 9.86. The zero-order chi connectivity index (χ0) is 22.3. The maximum atomic E-state index is 13.3. The highest BCUT2D eigenvalue weighted by Gasteiger charge is 2.24. The van der Waals surface area contributed by atoms with E-state index in [0.29, 0.717) is 22.1 Å². The molecule has 0 radical (unpaired) electrons. The molecule has 0 spiro atoms. The summed E-state index contributed by atoms with van der Waals surface area (Å²) in [6.45, 7) is 0. The Hall–Kier alpha value is -4.84. The quantitative estimate of drug-likeness (QED) is 0.250. The van der Waals surface area contributed by atoms with Gasteiger partial charge in [-0.3, -0.25) is 18.4 Å². The lowest BCUT2D eigenvalue weighted by Gasteiger charge is -2.16. The van der Waals surface area contributed by atoms with Crippen LogP contribution in [0.3, 0.4) is 0 Å². The molecule has 6 nitrogen and oxygen atoms in total. The SMILES string of the molecule is O=c1c2cc3cc4c(=O)n5ccnc5c4c4c5cccc6cccc(c65)c(c34)c2c2nccn12. The summed E-state index contributed by atoms with van der Waals surface area (Å²) in [4.78, 5) is 35.8. The van der Waals surface area contributed by atoms with Crippen molar-refractivity contribution >= 4 is 75.9 Å². The summed E-state index contributed by atoms with van der Waals surface area (Å²) >= 11 is 0. The summed E-state index contributed by atoms with van der Waals surface area (Å²) in [6.07, 6.45) is 6.77. The number of hydrogen-bond donors (Lipinski definition) is 0. The van der Waals surface area contributed by atoms with Crippen LogP contribution in [0.15, 0.2) is 82.9 Å². The number of aromatic nitrogens is 4. The molecule has 9 aromatic rings. The first-order valence-corrected chi connectivity index (χ1v) is 11.1. The van der Waals surface area contributed by atoms with Crippen LogP contribution in [-0.4, -0.2) is 18.8 Å². The second kappa shape index (κ2) is 5.21. The van der Waals surface area contributed by atoms with Gasteiger partial charge in [-0.15, -0.1) is 0 Å². The second-order valence-corrected chi connectivity index (χ2v) is 9.01. The molecule has 0 aliphatic rings. The molecule has 0 aliphatic heterocycles. The fraction of sp³-hybridized carbons (Fsp3) is 0. The Labute approximate surface area is 188 Å². The van der Waals surface area contributed by atoms with Crippen LogP contribution in [0.2, 0.25) is 0 Å². The molecule has 0 saturated heterocycles. The zero-order valence-corrected chi connectivity index (χ0v) is 17.5. The van der Waals surface area contributed by atoms with E-state index in [2.05, 4.69) is 46.4 Å². The predicted molar refractivity (Wildman–Crippen MR) is 135 cm³/mol. The van der Waals surface area contributed by atoms with E-state index in [1.165, 1.54) is 0 Å². The van der Waals surface area contributed by atoms with Gasteiger partial charge in [0.1, 0.15) is 11.3 Å². The summed E-state index contributed by atoms with van der Waals surface area (Å²) in [6, 6.07) is 16.4. The van der Waals surface area contributed by atoms with Crippen molar-refractivity contribution in [2.24, 2.45) is 0 Å². The van der Waals surface area contributed by atoms with Crippen LogP contribution in [0, 0.1) is 0 Å². The average molecular weight is 436 g/mol. The van der Waals surface area contributed by atoms with Crippen molar-refractivity contribution in [1.82, 2.24) is 18.8 Å². The highest BCUT2D eigenvalue weighted by atomic mass is 16.1. The van der Waals surface area contributed by atoms with E-state index in [9.17, 15) is 9.59 Å². The summed E-state index contributed by atoms with van der Waals surface area (Å²) in [5.41, 5.74) is 1.15. The van der Waals surface area contributed by atoms with Gasteiger partial charge < -0.3 is 0 Å². The Morgan fingerprint density at radius 2 is 1.06 bits per heavy atom. The first kappa shape index (κ1) is 16.7. The number of rotatable bonds is 0. The third-order valence-electron chi connectivity index (χ3n) is 7.50. The molecule has 0 N–H and O–H groups in total. The van der Waals surface area contributed by atoms with E-state index in [1.54, 1.807) is 33.6 Å². The number of fused-ring (bicyclic) bond motifs is 10. The molecule has 0 fully saturated rings. The topological polar surface area (TPSA) is 68.7 Å². The van der Waals surface area contributed by atoms with Crippen molar-refractivity contribution in [1.29, 1.82) is 0 Å². The molecule has 0 atom stereocenters. The lowest BCUT2D eigenvalue weighted by molar-refractivity contribution is 1.17. The van der Waals surface area contributed by atoms with Gasteiger partial charge in [-0.2, -0.15) is 0 Å². The van der Waals surface area contributed by atoms with Gasteiger partial charge in [0.15, 0.2) is 0 Å². The first-order valence-electron chi connectivity index (χ1n) is 11.1. The molecular formula is C28H12N4O2. The predicted octanol–water partition coefficient (Wildman–Crippen LogP) is 4.94. The molecule has 0 aliphatic carbocycles.